The Bertz CT molecular complexity index is 1020. The number of nitrogens with zero attached hydrogens (tertiary/aromatic N) is 2. The van der Waals surface area contributed by atoms with Crippen molar-refractivity contribution in [1.82, 2.24) is 10.8 Å². The maximum Gasteiger partial charge on any atom is 0.427 e. The highest BCUT2D eigenvalue weighted by Crippen LogP contribution is 2.40. The number of carbonyl (C=O) groups excluding carboxylic acids is 3. The van der Waals surface area contributed by atoms with Gasteiger partial charge in [-0.3, -0.25) is 14.9 Å². The van der Waals surface area contributed by atoms with E-state index in [9.17, 15) is 18.8 Å². The van der Waals surface area contributed by atoms with Crippen LogP contribution in [0.3, 0.4) is 0 Å². The molecule has 0 aliphatic carbocycles. The molecule has 1 saturated heterocycles. The smallest absolute Gasteiger partial charge is 0.427 e. The monoisotopic (exact) mass is 443 g/mol. The number of hydroxylamine groups is 1. The van der Waals surface area contributed by atoms with Gasteiger partial charge in [0.2, 0.25) is 5.88 Å². The molecule has 0 spiro atoms. The molecule has 152 valence electrons. The third-order valence-corrected chi connectivity index (χ3v) is 4.27. The minimum absolute atomic E-state index is 0.129. The third kappa shape index (κ3) is 4.36. The van der Waals surface area contributed by atoms with E-state index in [0.29, 0.717) is 5.57 Å². The van der Waals surface area contributed by atoms with Gasteiger partial charge in [0.05, 0.1) is 10.7 Å². The van der Waals surface area contributed by atoms with Crippen molar-refractivity contribution in [3.63, 3.8) is 0 Å². The first kappa shape index (κ1) is 20.7. The zero-order valence-corrected chi connectivity index (χ0v) is 16.3. The zero-order valence-electron chi connectivity index (χ0n) is 14.8. The highest BCUT2D eigenvalue weighted by Gasteiger charge is 2.30. The van der Waals surface area contributed by atoms with E-state index in [1.54, 1.807) is 13.8 Å². The van der Waals surface area contributed by atoms with Gasteiger partial charge in [-0.15, -0.1) is 15.7 Å². The fourth-order valence-electron chi connectivity index (χ4n) is 2.25. The molecule has 3 rings (SSSR count). The highest BCUT2D eigenvalue weighted by molar-refractivity contribution is 6.37. The molecule has 0 saturated carbocycles. The van der Waals surface area contributed by atoms with Crippen LogP contribution in [0.2, 0.25) is 10.0 Å². The van der Waals surface area contributed by atoms with Gasteiger partial charge in [-0.25, -0.2) is 9.18 Å². The Kier molecular flexibility index (Phi) is 5.82. The number of carbonyl (C=O) groups is 3. The number of benzene rings is 1. The number of amides is 3. The maximum absolute atomic E-state index is 14.6. The summed E-state index contributed by atoms with van der Waals surface area (Å²) in [7, 11) is 0. The summed E-state index contributed by atoms with van der Waals surface area (Å²) in [5.74, 6) is -2.83. The molecule has 29 heavy (non-hydrogen) atoms. The van der Waals surface area contributed by atoms with E-state index in [1.807, 2.05) is 0 Å². The lowest BCUT2D eigenvalue weighted by atomic mass is 10.1. The van der Waals surface area contributed by atoms with Crippen LogP contribution in [-0.4, -0.2) is 24.1 Å². The lowest BCUT2D eigenvalue weighted by molar-refractivity contribution is -0.119. The maximum atomic E-state index is 14.6. The topological polar surface area (TPSA) is 130 Å². The number of halogens is 3. The average molecular weight is 444 g/mol. The molecule has 1 unspecified atom stereocenters. The van der Waals surface area contributed by atoms with Gasteiger partial charge in [0.1, 0.15) is 5.02 Å². The van der Waals surface area contributed by atoms with E-state index in [1.165, 1.54) is 6.08 Å². The van der Waals surface area contributed by atoms with Gasteiger partial charge >= 0.3 is 6.09 Å². The molecule has 1 aromatic carbocycles. The second-order valence-electron chi connectivity index (χ2n) is 5.94. The van der Waals surface area contributed by atoms with Crippen molar-refractivity contribution < 1.29 is 28.3 Å². The molecule has 2 aliphatic rings. The second kappa shape index (κ2) is 8.15. The Morgan fingerprint density at radius 3 is 2.66 bits per heavy atom. The first-order valence-corrected chi connectivity index (χ1v) is 8.67. The van der Waals surface area contributed by atoms with Crippen LogP contribution in [0, 0.1) is 5.82 Å². The lowest BCUT2D eigenvalue weighted by Gasteiger charge is -2.15. The van der Waals surface area contributed by atoms with Crippen LogP contribution < -0.4 is 20.9 Å². The summed E-state index contributed by atoms with van der Waals surface area (Å²) in [5, 5.41) is 10.7. The number of azo groups is 1. The Balaban J connectivity index is 1.84. The molecule has 0 radical (unpaired) electrons. The van der Waals surface area contributed by atoms with Gasteiger partial charge in [0, 0.05) is 11.6 Å². The predicted octanol–water partition coefficient (Wildman–Crippen LogP) is 3.19. The van der Waals surface area contributed by atoms with Crippen molar-refractivity contribution >= 4 is 46.8 Å². The van der Waals surface area contributed by atoms with Gasteiger partial charge < -0.3 is 14.9 Å². The van der Waals surface area contributed by atoms with Crippen molar-refractivity contribution in [3.05, 3.63) is 45.0 Å². The standard InChI is InChI=1S/C16H12Cl2FN5O5/c1-5(2)6-3-9(22-23-14(6)25)28-12-7(17)4-8(11(19)10(12)18)20-15(26)13-21-16(27)29-24-13/h3-4,13,24H,1-2H3,(H,20,26)(H,21,27). The molecular weight excluding hydrogens is 432 g/mol. The zero-order chi connectivity index (χ0) is 21.3. The molecule has 1 aromatic rings. The van der Waals surface area contributed by atoms with Crippen LogP contribution in [0.15, 0.2) is 39.4 Å². The average Bonchev–Trinajstić information content (AvgIpc) is 3.10. The van der Waals surface area contributed by atoms with Gasteiger partial charge in [-0.2, -0.15) is 0 Å². The van der Waals surface area contributed by atoms with Crippen molar-refractivity contribution in [2.45, 2.75) is 20.0 Å². The molecule has 13 heteroatoms. The van der Waals surface area contributed by atoms with Crippen LogP contribution in [0.1, 0.15) is 13.8 Å². The van der Waals surface area contributed by atoms with Crippen molar-refractivity contribution in [1.29, 1.82) is 0 Å². The SMILES string of the molecule is CC(C)=C1C=C(Oc2c(Cl)cc(NC(=O)C3NOC(=O)N3)c(F)c2Cl)N=NC1=O. The fraction of sp³-hybridized carbons (Fsp3) is 0.188. The fourth-order valence-corrected chi connectivity index (χ4v) is 2.78. The van der Waals surface area contributed by atoms with Crippen molar-refractivity contribution in [3.8, 4) is 5.75 Å². The van der Waals surface area contributed by atoms with E-state index < -0.39 is 34.9 Å². The Hall–Kier alpha value is -3.02. The Morgan fingerprint density at radius 1 is 1.31 bits per heavy atom. The van der Waals surface area contributed by atoms with Gasteiger partial charge in [-0.1, -0.05) is 28.8 Å². The van der Waals surface area contributed by atoms with Crippen LogP contribution >= 0.6 is 23.2 Å². The number of nitrogens with one attached hydrogen (secondary N) is 3. The largest absolute Gasteiger partial charge is 0.434 e. The molecule has 2 heterocycles. The van der Waals surface area contributed by atoms with Gasteiger partial charge in [0.25, 0.3) is 11.8 Å². The summed E-state index contributed by atoms with van der Waals surface area (Å²) in [5.41, 5.74) is 2.69. The number of hydrogen-bond donors (Lipinski definition) is 3. The first-order chi connectivity index (χ1) is 13.7. The predicted molar refractivity (Wildman–Crippen MR) is 98.5 cm³/mol. The van der Waals surface area contributed by atoms with Crippen LogP contribution in [0.25, 0.3) is 0 Å². The molecule has 3 N–H and O–H groups in total. The molecule has 1 atom stereocenters. The normalized spacial score (nSPS) is 18.2. The minimum Gasteiger partial charge on any atom is -0.434 e. The molecule has 1 fully saturated rings. The number of anilines is 1. The van der Waals surface area contributed by atoms with Crippen LogP contribution in [-0.2, 0) is 14.4 Å². The number of hydrogen-bond acceptors (Lipinski definition) is 7. The molecule has 3 amide bonds. The van der Waals surface area contributed by atoms with Crippen molar-refractivity contribution in [2.75, 3.05) is 5.32 Å². The van der Waals surface area contributed by atoms with Crippen molar-refractivity contribution in [2.24, 2.45) is 10.2 Å². The third-order valence-electron chi connectivity index (χ3n) is 3.65. The van der Waals surface area contributed by atoms with Crippen LogP contribution in [0.4, 0.5) is 14.9 Å². The molecule has 10 nitrogen and oxygen atoms in total. The number of ether oxygens (including phenoxy) is 1. The van der Waals surface area contributed by atoms with Crippen LogP contribution in [0.5, 0.6) is 5.75 Å². The van der Waals surface area contributed by atoms with Gasteiger partial charge in [-0.05, 0) is 19.9 Å². The second-order valence-corrected chi connectivity index (χ2v) is 6.73. The van der Waals surface area contributed by atoms with Gasteiger partial charge in [0.15, 0.2) is 17.7 Å². The number of rotatable bonds is 4. The first-order valence-electron chi connectivity index (χ1n) is 7.91. The summed E-state index contributed by atoms with van der Waals surface area (Å²) in [6.45, 7) is 3.40. The molecule has 0 bridgehead atoms. The summed E-state index contributed by atoms with van der Waals surface area (Å²) in [4.78, 5) is 39.0. The van der Waals surface area contributed by atoms with E-state index in [4.69, 9.17) is 27.9 Å². The van der Waals surface area contributed by atoms with E-state index >= 15 is 0 Å². The molecule has 2 aliphatic heterocycles. The lowest BCUT2D eigenvalue weighted by Crippen LogP contribution is -2.43. The minimum atomic E-state index is -1.23. The Morgan fingerprint density at radius 2 is 2.03 bits per heavy atom. The molecular formula is C16H12Cl2FN5O5. The Labute approximate surface area is 172 Å². The quantitative estimate of drug-likeness (QED) is 0.483. The summed E-state index contributed by atoms with van der Waals surface area (Å²) in [6, 6.07) is 1.06. The summed E-state index contributed by atoms with van der Waals surface area (Å²) >= 11 is 12.1. The molecule has 0 aromatic heterocycles. The summed E-state index contributed by atoms with van der Waals surface area (Å²) in [6.07, 6.45) is -0.780. The van der Waals surface area contributed by atoms with E-state index in [0.717, 1.165) is 6.07 Å². The summed E-state index contributed by atoms with van der Waals surface area (Å²) < 4.78 is 20.0. The van der Waals surface area contributed by atoms with E-state index in [2.05, 4.69) is 31.2 Å². The highest BCUT2D eigenvalue weighted by atomic mass is 35.5. The number of allylic oxidation sites excluding steroid dienone is 1. The van der Waals surface area contributed by atoms with E-state index in [-0.39, 0.29) is 27.9 Å².